The van der Waals surface area contributed by atoms with Crippen molar-refractivity contribution < 1.29 is 34.8 Å². The Labute approximate surface area is 195 Å². The smallest absolute Gasteiger partial charge is 0.348 e. The number of benzene rings is 2. The van der Waals surface area contributed by atoms with E-state index in [0.717, 1.165) is 24.6 Å². The number of amides is 1. The molecule has 7 nitrogen and oxygen atoms in total. The SMILES string of the molecule is C[C@@H](NC(=O)[C@H](C)N(c1ccc(Cl)c(C(F)(F)F)c1)S(C)(=O)=O)c1ccc(S(C)(=O)=O)cc1. The molecule has 1 N–H and O–H groups in total. The van der Waals surface area contributed by atoms with Crippen LogP contribution in [-0.4, -0.2) is 41.3 Å². The Balaban J connectivity index is 2.33. The largest absolute Gasteiger partial charge is 0.417 e. The Morgan fingerprint density at radius 2 is 1.55 bits per heavy atom. The molecule has 0 saturated carbocycles. The second kappa shape index (κ2) is 9.51. The number of carbonyl (C=O) groups is 1. The molecule has 0 saturated heterocycles. The molecule has 33 heavy (non-hydrogen) atoms. The van der Waals surface area contributed by atoms with Crippen molar-refractivity contribution in [2.75, 3.05) is 16.8 Å². The fourth-order valence-corrected chi connectivity index (χ4v) is 5.12. The van der Waals surface area contributed by atoms with Crippen molar-refractivity contribution in [3.63, 3.8) is 0 Å². The minimum absolute atomic E-state index is 0.0876. The maximum atomic E-state index is 13.2. The third-order valence-corrected chi connectivity index (χ3v) is 7.47. The number of rotatable bonds is 7. The van der Waals surface area contributed by atoms with Gasteiger partial charge in [-0.1, -0.05) is 23.7 Å². The van der Waals surface area contributed by atoms with Crippen molar-refractivity contribution in [1.29, 1.82) is 0 Å². The summed E-state index contributed by atoms with van der Waals surface area (Å²) in [5, 5.41) is 1.98. The lowest BCUT2D eigenvalue weighted by Crippen LogP contribution is -2.48. The normalized spacial score (nSPS) is 14.4. The van der Waals surface area contributed by atoms with Gasteiger partial charge < -0.3 is 5.32 Å². The third-order valence-electron chi connectivity index (χ3n) is 4.77. The van der Waals surface area contributed by atoms with E-state index in [1.54, 1.807) is 6.92 Å². The van der Waals surface area contributed by atoms with Gasteiger partial charge in [-0.15, -0.1) is 0 Å². The maximum Gasteiger partial charge on any atom is 0.417 e. The summed E-state index contributed by atoms with van der Waals surface area (Å²) in [5.41, 5.74) is -1.07. The Morgan fingerprint density at radius 1 is 1.00 bits per heavy atom. The van der Waals surface area contributed by atoms with Crippen molar-refractivity contribution >= 4 is 43.1 Å². The predicted molar refractivity (Wildman–Crippen MR) is 119 cm³/mol. The topological polar surface area (TPSA) is 101 Å². The second-order valence-electron chi connectivity index (χ2n) is 7.47. The van der Waals surface area contributed by atoms with Crippen LogP contribution in [0.1, 0.15) is 31.0 Å². The van der Waals surface area contributed by atoms with Crippen LogP contribution in [0.15, 0.2) is 47.4 Å². The first-order valence-corrected chi connectivity index (χ1v) is 13.5. The molecule has 0 aliphatic heterocycles. The lowest BCUT2D eigenvalue weighted by molar-refractivity contribution is -0.137. The Morgan fingerprint density at radius 3 is 2.00 bits per heavy atom. The van der Waals surface area contributed by atoms with Gasteiger partial charge in [-0.3, -0.25) is 9.10 Å². The van der Waals surface area contributed by atoms with E-state index in [2.05, 4.69) is 5.32 Å². The van der Waals surface area contributed by atoms with Crippen LogP contribution in [0.3, 0.4) is 0 Å². The number of halogens is 4. The lowest BCUT2D eigenvalue weighted by atomic mass is 10.1. The molecule has 0 aliphatic rings. The van der Waals surface area contributed by atoms with Crippen molar-refractivity contribution in [3.05, 3.63) is 58.6 Å². The zero-order chi connectivity index (χ0) is 25.4. The average Bonchev–Trinajstić information content (AvgIpc) is 2.66. The molecule has 0 spiro atoms. The number of anilines is 1. The van der Waals surface area contributed by atoms with Gasteiger partial charge in [0.05, 0.1) is 33.5 Å². The average molecular weight is 527 g/mol. The summed E-state index contributed by atoms with van der Waals surface area (Å²) < 4.78 is 88.2. The summed E-state index contributed by atoms with van der Waals surface area (Å²) in [7, 11) is -7.57. The number of hydrogen-bond donors (Lipinski definition) is 1. The molecule has 0 aromatic heterocycles. The van der Waals surface area contributed by atoms with Gasteiger partial charge in [-0.05, 0) is 49.7 Å². The quantitative estimate of drug-likeness (QED) is 0.591. The van der Waals surface area contributed by atoms with Gasteiger partial charge in [0.2, 0.25) is 15.9 Å². The van der Waals surface area contributed by atoms with Gasteiger partial charge >= 0.3 is 6.18 Å². The number of nitrogens with one attached hydrogen (secondary N) is 1. The van der Waals surface area contributed by atoms with Gasteiger partial charge in [-0.2, -0.15) is 13.2 Å². The van der Waals surface area contributed by atoms with Crippen molar-refractivity contribution in [1.82, 2.24) is 5.32 Å². The third kappa shape index (κ3) is 6.61. The highest BCUT2D eigenvalue weighted by molar-refractivity contribution is 7.92. The Hall–Kier alpha value is -2.31. The molecule has 0 radical (unpaired) electrons. The second-order valence-corrected chi connectivity index (χ2v) is 11.8. The molecule has 2 rings (SSSR count). The number of sulfone groups is 1. The summed E-state index contributed by atoms with van der Waals surface area (Å²) in [6.07, 6.45) is -3.00. The first kappa shape index (κ1) is 26.9. The van der Waals surface area contributed by atoms with Gasteiger partial charge in [-0.25, -0.2) is 16.8 Å². The molecule has 2 aromatic rings. The Kier molecular flexibility index (Phi) is 7.76. The summed E-state index contributed by atoms with van der Waals surface area (Å²) >= 11 is 5.61. The van der Waals surface area contributed by atoms with Crippen LogP contribution in [-0.2, 0) is 30.8 Å². The van der Waals surface area contributed by atoms with Gasteiger partial charge in [0, 0.05) is 6.26 Å². The van der Waals surface area contributed by atoms with Crippen molar-refractivity contribution in [2.24, 2.45) is 0 Å². The summed E-state index contributed by atoms with van der Waals surface area (Å²) in [6.45, 7) is 2.83. The molecular formula is C20H22ClF3N2O5S2. The Bertz CT molecular complexity index is 1250. The van der Waals surface area contributed by atoms with E-state index >= 15 is 0 Å². The first-order valence-electron chi connectivity index (χ1n) is 9.39. The lowest BCUT2D eigenvalue weighted by Gasteiger charge is -2.30. The van der Waals surface area contributed by atoms with Crippen LogP contribution in [0.2, 0.25) is 5.02 Å². The van der Waals surface area contributed by atoms with Crippen LogP contribution < -0.4 is 9.62 Å². The first-order chi connectivity index (χ1) is 14.9. The fourth-order valence-electron chi connectivity index (χ4n) is 3.10. The monoisotopic (exact) mass is 526 g/mol. The number of nitrogens with zero attached hydrogens (tertiary/aromatic N) is 1. The van der Waals surface area contributed by atoms with Crippen LogP contribution in [0, 0.1) is 0 Å². The van der Waals surface area contributed by atoms with E-state index in [1.165, 1.54) is 31.2 Å². The molecule has 0 fully saturated rings. The van der Waals surface area contributed by atoms with Gasteiger partial charge in [0.1, 0.15) is 6.04 Å². The van der Waals surface area contributed by atoms with E-state index in [4.69, 9.17) is 11.6 Å². The minimum atomic E-state index is -4.82. The molecule has 1 amide bonds. The predicted octanol–water partition coefficient (Wildman–Crippen LogP) is 3.79. The van der Waals surface area contributed by atoms with E-state index in [-0.39, 0.29) is 10.6 Å². The van der Waals surface area contributed by atoms with Crippen molar-refractivity contribution in [3.8, 4) is 0 Å². The molecule has 2 atom stereocenters. The zero-order valence-electron chi connectivity index (χ0n) is 18.0. The molecule has 13 heteroatoms. The molecule has 0 heterocycles. The van der Waals surface area contributed by atoms with Crippen molar-refractivity contribution in [2.45, 2.75) is 37.0 Å². The highest BCUT2D eigenvalue weighted by Gasteiger charge is 2.36. The highest BCUT2D eigenvalue weighted by atomic mass is 35.5. The van der Waals surface area contributed by atoms with Crippen LogP contribution >= 0.6 is 11.6 Å². The molecule has 182 valence electrons. The summed E-state index contributed by atoms with van der Waals surface area (Å²) in [6, 6.07) is 6.23. The fraction of sp³-hybridized carbons (Fsp3) is 0.350. The van der Waals surface area contributed by atoms with Gasteiger partial charge in [0.15, 0.2) is 9.84 Å². The van der Waals surface area contributed by atoms with E-state index in [0.29, 0.717) is 15.9 Å². The van der Waals surface area contributed by atoms with E-state index in [9.17, 15) is 34.8 Å². The molecule has 0 unspecified atom stereocenters. The number of sulfonamides is 1. The maximum absolute atomic E-state index is 13.2. The van der Waals surface area contributed by atoms with Crippen LogP contribution in [0.5, 0.6) is 0 Å². The molecule has 0 aliphatic carbocycles. The highest BCUT2D eigenvalue weighted by Crippen LogP contribution is 2.37. The number of alkyl halides is 3. The summed E-state index contributed by atoms with van der Waals surface area (Å²) in [4.78, 5) is 12.9. The van der Waals surface area contributed by atoms with E-state index in [1.807, 2.05) is 0 Å². The zero-order valence-corrected chi connectivity index (χ0v) is 20.4. The summed E-state index contributed by atoms with van der Waals surface area (Å²) in [5.74, 6) is -0.774. The van der Waals surface area contributed by atoms with E-state index < -0.39 is 54.6 Å². The number of hydrogen-bond acceptors (Lipinski definition) is 5. The van der Waals surface area contributed by atoms with Gasteiger partial charge in [0.25, 0.3) is 0 Å². The molecule has 0 bridgehead atoms. The standard InChI is InChI=1S/C20H22ClF3N2O5S2/c1-12(14-5-8-16(9-6-14)32(3,28)29)25-19(27)13(2)26(33(4,30)31)15-7-10-18(21)17(11-15)20(22,23)24/h5-13H,1-4H3,(H,25,27)/t12-,13+/m1/s1. The molecular weight excluding hydrogens is 505 g/mol. The molecule has 2 aromatic carbocycles. The number of carbonyl (C=O) groups excluding carboxylic acids is 1. The minimum Gasteiger partial charge on any atom is -0.348 e. The van der Waals surface area contributed by atoms with Crippen LogP contribution in [0.4, 0.5) is 18.9 Å². The van der Waals surface area contributed by atoms with Crippen LogP contribution in [0.25, 0.3) is 0 Å².